The molecule has 8 nitrogen and oxygen atoms in total. The number of urea groups is 1. The van der Waals surface area contributed by atoms with Crippen molar-refractivity contribution in [1.82, 2.24) is 14.9 Å². The Hall–Kier alpha value is -2.94. The van der Waals surface area contributed by atoms with Gasteiger partial charge in [0.05, 0.1) is 18.3 Å². The number of rotatable bonds is 6. The summed E-state index contributed by atoms with van der Waals surface area (Å²) in [6.07, 6.45) is 1.42. The molecule has 1 aliphatic rings. The molecule has 2 amide bonds. The highest BCUT2D eigenvalue weighted by Gasteiger charge is 2.20. The van der Waals surface area contributed by atoms with E-state index >= 15 is 0 Å². The van der Waals surface area contributed by atoms with E-state index in [9.17, 15) is 14.3 Å². The summed E-state index contributed by atoms with van der Waals surface area (Å²) >= 11 is 0. The number of anilines is 4. The minimum atomic E-state index is -0.664. The van der Waals surface area contributed by atoms with Gasteiger partial charge in [0.1, 0.15) is 0 Å². The van der Waals surface area contributed by atoms with Crippen LogP contribution in [0, 0.1) is 5.82 Å². The molecule has 0 bridgehead atoms. The van der Waals surface area contributed by atoms with Crippen molar-refractivity contribution in [3.05, 3.63) is 36.3 Å². The Morgan fingerprint density at radius 1 is 1.30 bits per heavy atom. The molecule has 0 saturated carbocycles. The van der Waals surface area contributed by atoms with Crippen molar-refractivity contribution < 1.29 is 14.3 Å². The van der Waals surface area contributed by atoms with Gasteiger partial charge in [0, 0.05) is 24.5 Å². The molecule has 0 spiro atoms. The summed E-state index contributed by atoms with van der Waals surface area (Å²) < 4.78 is 13.9. The molecule has 0 radical (unpaired) electrons. The Bertz CT molecular complexity index is 812. The lowest BCUT2D eigenvalue weighted by molar-refractivity contribution is 0.177. The summed E-state index contributed by atoms with van der Waals surface area (Å²) in [5.74, 6) is -0.408. The van der Waals surface area contributed by atoms with Crippen LogP contribution in [0.4, 0.5) is 32.3 Å². The van der Waals surface area contributed by atoms with Crippen LogP contribution in [0.5, 0.6) is 0 Å². The van der Waals surface area contributed by atoms with Crippen molar-refractivity contribution in [2.24, 2.45) is 0 Å². The summed E-state index contributed by atoms with van der Waals surface area (Å²) in [4.78, 5) is 21.8. The van der Waals surface area contributed by atoms with E-state index < -0.39 is 11.9 Å². The highest BCUT2D eigenvalue weighted by Crippen LogP contribution is 2.21. The third-order valence-electron chi connectivity index (χ3n) is 4.35. The third-order valence-corrected chi connectivity index (χ3v) is 4.35. The van der Waals surface area contributed by atoms with E-state index in [0.29, 0.717) is 11.4 Å². The Labute approximate surface area is 156 Å². The number of aliphatic hydroxyl groups is 1. The Balaban J connectivity index is 1.69. The van der Waals surface area contributed by atoms with Crippen LogP contribution in [-0.2, 0) is 0 Å². The molecule has 4 N–H and O–H groups in total. The molecule has 1 fully saturated rings. The Morgan fingerprint density at radius 2 is 2.04 bits per heavy atom. The predicted molar refractivity (Wildman–Crippen MR) is 102 cm³/mol. The first-order chi connectivity index (χ1) is 12.9. The molecule has 0 unspecified atom stereocenters. The van der Waals surface area contributed by atoms with Gasteiger partial charge in [-0.05, 0) is 38.5 Å². The first kappa shape index (κ1) is 18.8. The molecule has 3 rings (SSSR count). The topological polar surface area (TPSA) is 102 Å². The quantitative estimate of drug-likeness (QED) is 0.620. The molecule has 27 heavy (non-hydrogen) atoms. The van der Waals surface area contributed by atoms with Crippen molar-refractivity contribution in [1.29, 1.82) is 0 Å². The maximum absolute atomic E-state index is 13.9. The molecular formula is C18H23FN6O2. The lowest BCUT2D eigenvalue weighted by atomic mass is 10.2. The highest BCUT2D eigenvalue weighted by molar-refractivity contribution is 5.90. The van der Waals surface area contributed by atoms with Gasteiger partial charge >= 0.3 is 6.03 Å². The van der Waals surface area contributed by atoms with Crippen LogP contribution < -0.4 is 16.0 Å². The van der Waals surface area contributed by atoms with Gasteiger partial charge in [-0.25, -0.2) is 14.2 Å². The SMILES string of the molecule is C[C@H](O)[C@H](C)Nc1nc(Nc2cccc(NC(=O)N3CCC3)c2)ncc1F. The number of benzene rings is 1. The van der Waals surface area contributed by atoms with Gasteiger partial charge in [-0.3, -0.25) is 0 Å². The minimum Gasteiger partial charge on any atom is -0.391 e. The average molecular weight is 374 g/mol. The van der Waals surface area contributed by atoms with Crippen LogP contribution in [0.25, 0.3) is 0 Å². The number of amides is 2. The second-order valence-corrected chi connectivity index (χ2v) is 6.54. The number of aromatic nitrogens is 2. The molecule has 2 heterocycles. The fourth-order valence-corrected chi connectivity index (χ4v) is 2.39. The van der Waals surface area contributed by atoms with Crippen LogP contribution >= 0.6 is 0 Å². The predicted octanol–water partition coefficient (Wildman–Crippen LogP) is 2.78. The fourth-order valence-electron chi connectivity index (χ4n) is 2.39. The maximum atomic E-state index is 13.9. The molecular weight excluding hydrogens is 351 g/mol. The molecule has 2 atom stereocenters. The fraction of sp³-hybridized carbons (Fsp3) is 0.389. The number of aliphatic hydroxyl groups excluding tert-OH is 1. The lowest BCUT2D eigenvalue weighted by Crippen LogP contribution is -2.44. The summed E-state index contributed by atoms with van der Waals surface area (Å²) in [7, 11) is 0. The van der Waals surface area contributed by atoms with E-state index in [2.05, 4.69) is 25.9 Å². The number of hydrogen-bond donors (Lipinski definition) is 4. The average Bonchev–Trinajstić information content (AvgIpc) is 2.56. The second-order valence-electron chi connectivity index (χ2n) is 6.54. The summed E-state index contributed by atoms with van der Waals surface area (Å²) in [5.41, 5.74) is 1.29. The van der Waals surface area contributed by atoms with Crippen molar-refractivity contribution in [2.45, 2.75) is 32.4 Å². The number of nitrogens with zero attached hydrogens (tertiary/aromatic N) is 3. The smallest absolute Gasteiger partial charge is 0.321 e. The Kier molecular flexibility index (Phi) is 5.70. The largest absolute Gasteiger partial charge is 0.391 e. The van der Waals surface area contributed by atoms with Gasteiger partial charge in [-0.1, -0.05) is 6.07 Å². The molecule has 1 aliphatic heterocycles. The van der Waals surface area contributed by atoms with Crippen molar-refractivity contribution in [3.63, 3.8) is 0 Å². The van der Waals surface area contributed by atoms with Crippen molar-refractivity contribution in [2.75, 3.05) is 29.0 Å². The number of halogens is 1. The lowest BCUT2D eigenvalue weighted by Gasteiger charge is -2.30. The van der Waals surface area contributed by atoms with Crippen LogP contribution in [0.3, 0.4) is 0 Å². The number of carbonyl (C=O) groups is 1. The normalized spacial score (nSPS) is 15.5. The maximum Gasteiger partial charge on any atom is 0.321 e. The molecule has 1 saturated heterocycles. The molecule has 1 aromatic carbocycles. The minimum absolute atomic E-state index is 0.00291. The van der Waals surface area contributed by atoms with E-state index in [1.807, 2.05) is 0 Å². The second kappa shape index (κ2) is 8.17. The van der Waals surface area contributed by atoms with Crippen LogP contribution in [-0.4, -0.2) is 51.2 Å². The van der Waals surface area contributed by atoms with Crippen molar-refractivity contribution in [3.8, 4) is 0 Å². The zero-order chi connectivity index (χ0) is 19.4. The van der Waals surface area contributed by atoms with E-state index in [0.717, 1.165) is 25.7 Å². The van der Waals surface area contributed by atoms with E-state index in [1.54, 1.807) is 43.0 Å². The standard InChI is InChI=1S/C18H23FN6O2/c1-11(12(2)26)21-16-15(19)10-20-17(24-16)22-13-5-3-6-14(9-13)23-18(27)25-7-4-8-25/h3,5-6,9-12,26H,4,7-8H2,1-2H3,(H,23,27)(H2,20,21,22,24)/t11-,12-/m0/s1. The van der Waals surface area contributed by atoms with E-state index in [-0.39, 0.29) is 23.8 Å². The molecule has 2 aromatic rings. The molecule has 144 valence electrons. The van der Waals surface area contributed by atoms with E-state index in [1.165, 1.54) is 0 Å². The first-order valence-electron chi connectivity index (χ1n) is 8.82. The number of carbonyl (C=O) groups excluding carboxylic acids is 1. The number of hydrogen-bond acceptors (Lipinski definition) is 6. The first-order valence-corrected chi connectivity index (χ1v) is 8.82. The zero-order valence-electron chi connectivity index (χ0n) is 15.2. The highest BCUT2D eigenvalue weighted by atomic mass is 19.1. The van der Waals surface area contributed by atoms with Gasteiger partial charge in [0.25, 0.3) is 0 Å². The van der Waals surface area contributed by atoms with E-state index in [4.69, 9.17) is 0 Å². The summed E-state index contributed by atoms with van der Waals surface area (Å²) in [5, 5.41) is 18.2. The Morgan fingerprint density at radius 3 is 2.70 bits per heavy atom. The molecule has 1 aromatic heterocycles. The zero-order valence-corrected chi connectivity index (χ0v) is 15.2. The molecule has 9 heteroatoms. The van der Waals surface area contributed by atoms with Gasteiger partial charge in [0.15, 0.2) is 11.6 Å². The third kappa shape index (κ3) is 4.82. The summed E-state index contributed by atoms with van der Waals surface area (Å²) in [6, 6.07) is 6.60. The van der Waals surface area contributed by atoms with Crippen LogP contribution in [0.1, 0.15) is 20.3 Å². The monoisotopic (exact) mass is 374 g/mol. The molecule has 0 aliphatic carbocycles. The number of nitrogens with one attached hydrogen (secondary N) is 3. The van der Waals surface area contributed by atoms with Gasteiger partial charge in [-0.2, -0.15) is 4.98 Å². The van der Waals surface area contributed by atoms with Gasteiger partial charge in [-0.15, -0.1) is 0 Å². The van der Waals surface area contributed by atoms with Gasteiger partial charge in [0.2, 0.25) is 5.95 Å². The van der Waals surface area contributed by atoms with Crippen LogP contribution in [0.15, 0.2) is 30.5 Å². The summed E-state index contributed by atoms with van der Waals surface area (Å²) in [6.45, 7) is 4.88. The van der Waals surface area contributed by atoms with Crippen molar-refractivity contribution >= 4 is 29.2 Å². The van der Waals surface area contributed by atoms with Crippen LogP contribution in [0.2, 0.25) is 0 Å². The number of likely N-dealkylation sites (tertiary alicyclic amines) is 1. The van der Waals surface area contributed by atoms with Gasteiger partial charge < -0.3 is 26.0 Å².